The fourth-order valence-corrected chi connectivity index (χ4v) is 2.45. The topological polar surface area (TPSA) is 46.9 Å². The lowest BCUT2D eigenvalue weighted by Crippen LogP contribution is -2.25. The van der Waals surface area contributed by atoms with Gasteiger partial charge in [0.15, 0.2) is 5.82 Å². The Labute approximate surface area is 110 Å². The predicted molar refractivity (Wildman–Crippen MR) is 75.3 cm³/mol. The average molecular weight is 263 g/mol. The Kier molecular flexibility index (Phi) is 4.52. The lowest BCUT2D eigenvalue weighted by Gasteiger charge is -2.07. The molecule has 18 heavy (non-hydrogen) atoms. The van der Waals surface area contributed by atoms with E-state index in [1.54, 1.807) is 28.3 Å². The van der Waals surface area contributed by atoms with Gasteiger partial charge in [-0.25, -0.2) is 4.98 Å². The van der Waals surface area contributed by atoms with E-state index in [2.05, 4.69) is 34.1 Å². The number of aromatic nitrogens is 2. The summed E-state index contributed by atoms with van der Waals surface area (Å²) >= 11 is 1.69. The zero-order chi connectivity index (χ0) is 12.8. The van der Waals surface area contributed by atoms with Crippen molar-refractivity contribution in [3.63, 3.8) is 0 Å². The van der Waals surface area contributed by atoms with Crippen molar-refractivity contribution in [1.29, 1.82) is 0 Å². The number of anilines is 1. The van der Waals surface area contributed by atoms with Crippen LogP contribution in [0.2, 0.25) is 0 Å². The molecule has 0 unspecified atom stereocenters. The third kappa shape index (κ3) is 3.20. The van der Waals surface area contributed by atoms with Gasteiger partial charge < -0.3 is 9.88 Å². The molecule has 0 bridgehead atoms. The minimum absolute atomic E-state index is 0.0373. The van der Waals surface area contributed by atoms with Crippen molar-refractivity contribution in [1.82, 2.24) is 9.55 Å². The summed E-state index contributed by atoms with van der Waals surface area (Å²) in [4.78, 5) is 16.1. The molecule has 2 aromatic heterocycles. The maximum absolute atomic E-state index is 12.0. The van der Waals surface area contributed by atoms with Crippen LogP contribution in [0.25, 0.3) is 0 Å². The van der Waals surface area contributed by atoms with Crippen molar-refractivity contribution in [2.75, 3.05) is 11.9 Å². The zero-order valence-corrected chi connectivity index (χ0v) is 11.2. The molecule has 0 atom stereocenters. The van der Waals surface area contributed by atoms with E-state index in [4.69, 9.17) is 0 Å². The second kappa shape index (κ2) is 6.35. The Hall–Kier alpha value is -1.62. The Morgan fingerprint density at radius 1 is 1.50 bits per heavy atom. The Morgan fingerprint density at radius 3 is 3.11 bits per heavy atom. The first-order valence-corrected chi connectivity index (χ1v) is 7.06. The van der Waals surface area contributed by atoms with Gasteiger partial charge in [-0.05, 0) is 35.2 Å². The molecule has 1 N–H and O–H groups in total. The highest BCUT2D eigenvalue weighted by Crippen LogP contribution is 2.06. The van der Waals surface area contributed by atoms with Crippen molar-refractivity contribution in [3.05, 3.63) is 45.1 Å². The lowest BCUT2D eigenvalue weighted by atomic mass is 10.2. The van der Waals surface area contributed by atoms with Crippen LogP contribution in [-0.2, 0) is 13.0 Å². The van der Waals surface area contributed by atoms with Crippen LogP contribution < -0.4 is 10.9 Å². The molecule has 4 nitrogen and oxygen atoms in total. The third-order valence-corrected chi connectivity index (χ3v) is 3.40. The molecule has 0 saturated heterocycles. The molecule has 0 spiro atoms. The van der Waals surface area contributed by atoms with Gasteiger partial charge >= 0.3 is 0 Å². The Bertz CT molecular complexity index is 533. The highest BCUT2D eigenvalue weighted by atomic mass is 32.1. The molecule has 0 fully saturated rings. The van der Waals surface area contributed by atoms with Crippen LogP contribution in [0.1, 0.15) is 18.9 Å². The molecule has 2 rings (SSSR count). The van der Waals surface area contributed by atoms with E-state index in [1.165, 1.54) is 5.56 Å². The largest absolute Gasteiger partial charge is 0.365 e. The summed E-state index contributed by atoms with van der Waals surface area (Å²) in [6.45, 7) is 3.52. The molecule has 0 amide bonds. The number of nitrogens with one attached hydrogen (secondary N) is 1. The summed E-state index contributed by atoms with van der Waals surface area (Å²) in [6.07, 6.45) is 5.26. The van der Waals surface area contributed by atoms with Gasteiger partial charge in [0.25, 0.3) is 5.56 Å². The average Bonchev–Trinajstić information content (AvgIpc) is 2.87. The number of thiophene rings is 1. The molecule has 2 aromatic rings. The first-order chi connectivity index (χ1) is 8.81. The van der Waals surface area contributed by atoms with Gasteiger partial charge in [0.1, 0.15) is 0 Å². The molecule has 5 heteroatoms. The SMILES string of the molecule is CCCn1ccnc(NCCc2ccsc2)c1=O. The van der Waals surface area contributed by atoms with Crippen molar-refractivity contribution in [2.45, 2.75) is 26.3 Å². The van der Waals surface area contributed by atoms with Gasteiger partial charge in [-0.1, -0.05) is 6.92 Å². The first kappa shape index (κ1) is 12.8. The van der Waals surface area contributed by atoms with Gasteiger partial charge in [-0.3, -0.25) is 4.79 Å². The molecule has 0 aromatic carbocycles. The molecule has 0 aliphatic carbocycles. The monoisotopic (exact) mass is 263 g/mol. The van der Waals surface area contributed by atoms with Crippen molar-refractivity contribution >= 4 is 17.2 Å². The van der Waals surface area contributed by atoms with Gasteiger partial charge in [-0.2, -0.15) is 11.3 Å². The van der Waals surface area contributed by atoms with Crippen LogP contribution in [0, 0.1) is 0 Å². The van der Waals surface area contributed by atoms with E-state index < -0.39 is 0 Å². The molecule has 0 aliphatic rings. The third-order valence-electron chi connectivity index (χ3n) is 2.66. The van der Waals surface area contributed by atoms with Crippen LogP contribution in [0.4, 0.5) is 5.82 Å². The molecular weight excluding hydrogens is 246 g/mol. The van der Waals surface area contributed by atoms with Crippen LogP contribution in [-0.4, -0.2) is 16.1 Å². The summed E-state index contributed by atoms with van der Waals surface area (Å²) < 4.78 is 1.69. The number of aryl methyl sites for hydroxylation is 1. The van der Waals surface area contributed by atoms with E-state index in [-0.39, 0.29) is 5.56 Å². The van der Waals surface area contributed by atoms with Crippen molar-refractivity contribution in [2.24, 2.45) is 0 Å². The fraction of sp³-hybridized carbons (Fsp3) is 0.385. The van der Waals surface area contributed by atoms with Crippen molar-refractivity contribution in [3.8, 4) is 0 Å². The molecule has 96 valence electrons. The van der Waals surface area contributed by atoms with Gasteiger partial charge in [0, 0.05) is 25.5 Å². The van der Waals surface area contributed by atoms with Crippen LogP contribution in [0.5, 0.6) is 0 Å². The normalized spacial score (nSPS) is 10.5. The molecular formula is C13H17N3OS. The smallest absolute Gasteiger partial charge is 0.293 e. The maximum atomic E-state index is 12.0. The van der Waals surface area contributed by atoms with Gasteiger partial charge in [-0.15, -0.1) is 0 Å². The van der Waals surface area contributed by atoms with E-state index >= 15 is 0 Å². The lowest BCUT2D eigenvalue weighted by molar-refractivity contribution is 0.649. The molecule has 0 aliphatic heterocycles. The Balaban J connectivity index is 1.97. The first-order valence-electron chi connectivity index (χ1n) is 6.11. The van der Waals surface area contributed by atoms with Gasteiger partial charge in [0.05, 0.1) is 0 Å². The van der Waals surface area contributed by atoms with Gasteiger partial charge in [0.2, 0.25) is 0 Å². The van der Waals surface area contributed by atoms with E-state index in [0.29, 0.717) is 5.82 Å². The maximum Gasteiger partial charge on any atom is 0.293 e. The minimum Gasteiger partial charge on any atom is -0.365 e. The van der Waals surface area contributed by atoms with E-state index in [0.717, 1.165) is 25.9 Å². The summed E-state index contributed by atoms with van der Waals surface area (Å²) in [5.74, 6) is 0.446. The highest BCUT2D eigenvalue weighted by molar-refractivity contribution is 7.07. The summed E-state index contributed by atoms with van der Waals surface area (Å²) in [6, 6.07) is 2.10. The number of hydrogen-bond donors (Lipinski definition) is 1. The van der Waals surface area contributed by atoms with Crippen LogP contribution >= 0.6 is 11.3 Å². The highest BCUT2D eigenvalue weighted by Gasteiger charge is 2.03. The second-order valence-electron chi connectivity index (χ2n) is 4.08. The summed E-state index contributed by atoms with van der Waals surface area (Å²) in [5.41, 5.74) is 1.25. The van der Waals surface area contributed by atoms with Crippen LogP contribution in [0.15, 0.2) is 34.0 Å². The fourth-order valence-electron chi connectivity index (χ4n) is 1.75. The number of rotatable bonds is 6. The molecule has 2 heterocycles. The number of hydrogen-bond acceptors (Lipinski definition) is 4. The minimum atomic E-state index is -0.0373. The summed E-state index contributed by atoms with van der Waals surface area (Å²) in [7, 11) is 0. The zero-order valence-electron chi connectivity index (χ0n) is 10.4. The Morgan fingerprint density at radius 2 is 2.39 bits per heavy atom. The van der Waals surface area contributed by atoms with Crippen molar-refractivity contribution < 1.29 is 0 Å². The van der Waals surface area contributed by atoms with E-state index in [9.17, 15) is 4.79 Å². The van der Waals surface area contributed by atoms with Crippen LogP contribution in [0.3, 0.4) is 0 Å². The standard InChI is InChI=1S/C13H17N3OS/c1-2-7-16-8-6-15-12(13(16)17)14-5-3-11-4-9-18-10-11/h4,6,8-10H,2-3,5,7H2,1H3,(H,14,15). The molecule has 0 saturated carbocycles. The number of nitrogens with zero attached hydrogens (tertiary/aromatic N) is 2. The molecule has 0 radical (unpaired) electrons. The second-order valence-corrected chi connectivity index (χ2v) is 4.86. The van der Waals surface area contributed by atoms with E-state index in [1.807, 2.05) is 0 Å². The summed E-state index contributed by atoms with van der Waals surface area (Å²) in [5, 5.41) is 7.29. The quantitative estimate of drug-likeness (QED) is 0.870. The predicted octanol–water partition coefficient (Wildman–Crippen LogP) is 2.37.